The third kappa shape index (κ3) is 4.25. The van der Waals surface area contributed by atoms with Gasteiger partial charge in [-0.1, -0.05) is 29.8 Å². The lowest BCUT2D eigenvalue weighted by Crippen LogP contribution is -2.09. The smallest absolute Gasteiger partial charge is 0.229 e. The minimum atomic E-state index is -3.32. The first-order valence-electron chi connectivity index (χ1n) is 7.23. The second-order valence-electron chi connectivity index (χ2n) is 5.24. The van der Waals surface area contributed by atoms with E-state index in [2.05, 4.69) is 30.8 Å². The lowest BCUT2D eigenvalue weighted by molar-refractivity contribution is 0.601. The summed E-state index contributed by atoms with van der Waals surface area (Å²) in [6, 6.07) is 6.77. The fraction of sp³-hybridized carbons (Fsp3) is 0.133. The predicted octanol–water partition coefficient (Wildman–Crippen LogP) is 2.61. The summed E-state index contributed by atoms with van der Waals surface area (Å²) in [6.45, 7) is 0.255. The van der Waals surface area contributed by atoms with Crippen molar-refractivity contribution in [2.45, 2.75) is 11.4 Å². The molecule has 0 radical (unpaired) electrons. The topological polar surface area (TPSA) is 113 Å². The van der Waals surface area contributed by atoms with Crippen LogP contribution in [-0.2, 0) is 16.4 Å². The largest absolute Gasteiger partial charge is 0.365 e. The molecule has 130 valence electrons. The van der Waals surface area contributed by atoms with Crippen molar-refractivity contribution in [2.75, 3.05) is 16.9 Å². The van der Waals surface area contributed by atoms with E-state index in [0.29, 0.717) is 28.0 Å². The Morgan fingerprint density at radius 2 is 2.04 bits per heavy atom. The van der Waals surface area contributed by atoms with Gasteiger partial charge in [-0.15, -0.1) is 0 Å². The molecule has 0 saturated carbocycles. The SMILES string of the molecule is CS(=O)(=O)c1ccccc1CNc1nc(Nc2cn[nH]c2)ncc1Cl. The van der Waals surface area contributed by atoms with Crippen molar-refractivity contribution in [1.29, 1.82) is 0 Å². The molecule has 0 spiro atoms. The molecule has 3 N–H and O–H groups in total. The van der Waals surface area contributed by atoms with Crippen LogP contribution in [0.2, 0.25) is 5.02 Å². The van der Waals surface area contributed by atoms with Crippen LogP contribution in [0.3, 0.4) is 0 Å². The van der Waals surface area contributed by atoms with Gasteiger partial charge in [0.05, 0.1) is 23.0 Å². The summed E-state index contributed by atoms with van der Waals surface area (Å²) in [5.74, 6) is 0.732. The average molecular weight is 379 g/mol. The van der Waals surface area contributed by atoms with Gasteiger partial charge in [-0.2, -0.15) is 10.1 Å². The molecule has 0 aliphatic heterocycles. The fourth-order valence-electron chi connectivity index (χ4n) is 2.19. The Labute approximate surface area is 149 Å². The molecule has 10 heteroatoms. The molecule has 3 rings (SSSR count). The molecule has 0 bridgehead atoms. The number of aromatic nitrogens is 4. The summed E-state index contributed by atoms with van der Waals surface area (Å²) in [7, 11) is -3.32. The molecule has 8 nitrogen and oxygen atoms in total. The second-order valence-corrected chi connectivity index (χ2v) is 7.63. The molecule has 0 atom stereocenters. The van der Waals surface area contributed by atoms with Crippen LogP contribution in [0.25, 0.3) is 0 Å². The third-order valence-electron chi connectivity index (χ3n) is 3.32. The highest BCUT2D eigenvalue weighted by Crippen LogP contribution is 2.23. The summed E-state index contributed by atoms with van der Waals surface area (Å²) in [5.41, 5.74) is 1.33. The average Bonchev–Trinajstić information content (AvgIpc) is 3.08. The van der Waals surface area contributed by atoms with Crippen LogP contribution in [0, 0.1) is 0 Å². The van der Waals surface area contributed by atoms with E-state index in [9.17, 15) is 8.42 Å². The first-order chi connectivity index (χ1) is 11.9. The molecule has 0 aliphatic rings. The number of hydrogen-bond acceptors (Lipinski definition) is 7. The number of rotatable bonds is 6. The molecule has 0 amide bonds. The van der Waals surface area contributed by atoms with Crippen molar-refractivity contribution in [3.63, 3.8) is 0 Å². The van der Waals surface area contributed by atoms with Gasteiger partial charge in [0.15, 0.2) is 15.7 Å². The van der Waals surface area contributed by atoms with Gasteiger partial charge in [0, 0.05) is 19.0 Å². The van der Waals surface area contributed by atoms with E-state index in [1.807, 2.05) is 0 Å². The monoisotopic (exact) mass is 378 g/mol. The number of aromatic amines is 1. The van der Waals surface area contributed by atoms with E-state index in [0.717, 1.165) is 0 Å². The lowest BCUT2D eigenvalue weighted by Gasteiger charge is -2.11. The Kier molecular flexibility index (Phi) is 4.86. The highest BCUT2D eigenvalue weighted by molar-refractivity contribution is 7.90. The summed E-state index contributed by atoms with van der Waals surface area (Å²) >= 11 is 6.12. The molecule has 0 fully saturated rings. The number of nitrogens with one attached hydrogen (secondary N) is 3. The van der Waals surface area contributed by atoms with Crippen LogP contribution in [0.5, 0.6) is 0 Å². The lowest BCUT2D eigenvalue weighted by atomic mass is 10.2. The van der Waals surface area contributed by atoms with Crippen molar-refractivity contribution in [2.24, 2.45) is 0 Å². The Morgan fingerprint density at radius 3 is 2.76 bits per heavy atom. The van der Waals surface area contributed by atoms with E-state index < -0.39 is 9.84 Å². The number of anilines is 3. The van der Waals surface area contributed by atoms with Crippen LogP contribution in [-0.4, -0.2) is 34.8 Å². The molecule has 2 heterocycles. The van der Waals surface area contributed by atoms with Crippen LogP contribution >= 0.6 is 11.6 Å². The normalized spacial score (nSPS) is 11.3. The molecule has 0 unspecified atom stereocenters. The zero-order chi connectivity index (χ0) is 17.9. The standard InChI is InChI=1S/C15H15ClN6O2S/c1-25(23,24)13-5-3-2-4-10(13)6-17-14-12(16)9-18-15(22-14)21-11-7-19-20-8-11/h2-5,7-9H,6H2,1H3,(H,19,20)(H2,17,18,21,22). The van der Waals surface area contributed by atoms with Crippen molar-refractivity contribution in [1.82, 2.24) is 20.2 Å². The third-order valence-corrected chi connectivity index (χ3v) is 4.79. The van der Waals surface area contributed by atoms with Crippen LogP contribution in [0.4, 0.5) is 17.5 Å². The number of halogens is 1. The van der Waals surface area contributed by atoms with E-state index >= 15 is 0 Å². The van der Waals surface area contributed by atoms with Gasteiger partial charge in [-0.05, 0) is 11.6 Å². The Balaban J connectivity index is 1.80. The minimum Gasteiger partial charge on any atom is -0.365 e. The molecule has 3 aromatic rings. The van der Waals surface area contributed by atoms with Crippen LogP contribution in [0.15, 0.2) is 47.8 Å². The Bertz CT molecular complexity index is 975. The van der Waals surface area contributed by atoms with E-state index in [4.69, 9.17) is 11.6 Å². The van der Waals surface area contributed by atoms with Gasteiger partial charge < -0.3 is 10.6 Å². The highest BCUT2D eigenvalue weighted by atomic mass is 35.5. The summed E-state index contributed by atoms with van der Waals surface area (Å²) < 4.78 is 23.7. The quantitative estimate of drug-likeness (QED) is 0.604. The number of nitrogens with zero attached hydrogens (tertiary/aromatic N) is 3. The summed E-state index contributed by atoms with van der Waals surface area (Å²) in [4.78, 5) is 8.66. The molecular formula is C15H15ClN6O2S. The maximum absolute atomic E-state index is 11.9. The Hall–Kier alpha value is -2.65. The highest BCUT2D eigenvalue weighted by Gasteiger charge is 2.13. The Morgan fingerprint density at radius 1 is 1.24 bits per heavy atom. The molecule has 1 aromatic carbocycles. The van der Waals surface area contributed by atoms with Crippen LogP contribution < -0.4 is 10.6 Å². The minimum absolute atomic E-state index is 0.255. The zero-order valence-electron chi connectivity index (χ0n) is 13.2. The van der Waals surface area contributed by atoms with Gasteiger partial charge in [0.25, 0.3) is 0 Å². The first kappa shape index (κ1) is 17.2. The van der Waals surface area contributed by atoms with Crippen molar-refractivity contribution < 1.29 is 8.42 Å². The predicted molar refractivity (Wildman–Crippen MR) is 95.8 cm³/mol. The number of H-pyrrole nitrogens is 1. The molecule has 0 saturated heterocycles. The maximum atomic E-state index is 11.9. The summed E-state index contributed by atoms with van der Waals surface area (Å²) in [6.07, 6.45) is 5.89. The van der Waals surface area contributed by atoms with Gasteiger partial charge in [-0.3, -0.25) is 5.10 Å². The van der Waals surface area contributed by atoms with Crippen molar-refractivity contribution >= 4 is 38.9 Å². The van der Waals surface area contributed by atoms with Crippen molar-refractivity contribution in [3.05, 3.63) is 53.4 Å². The van der Waals surface area contributed by atoms with Crippen molar-refractivity contribution in [3.8, 4) is 0 Å². The number of sulfone groups is 1. The molecule has 0 aliphatic carbocycles. The fourth-order valence-corrected chi connectivity index (χ4v) is 3.29. The molecular weight excluding hydrogens is 364 g/mol. The first-order valence-corrected chi connectivity index (χ1v) is 9.50. The van der Waals surface area contributed by atoms with E-state index in [1.54, 1.807) is 36.7 Å². The maximum Gasteiger partial charge on any atom is 0.229 e. The van der Waals surface area contributed by atoms with E-state index in [1.165, 1.54) is 12.5 Å². The summed E-state index contributed by atoms with van der Waals surface area (Å²) in [5, 5.41) is 12.9. The number of benzene rings is 1. The van der Waals surface area contributed by atoms with Gasteiger partial charge in [0.1, 0.15) is 5.02 Å². The zero-order valence-corrected chi connectivity index (χ0v) is 14.8. The molecule has 25 heavy (non-hydrogen) atoms. The van der Waals surface area contributed by atoms with Crippen LogP contribution in [0.1, 0.15) is 5.56 Å². The van der Waals surface area contributed by atoms with Gasteiger partial charge >= 0.3 is 0 Å². The number of hydrogen-bond donors (Lipinski definition) is 3. The van der Waals surface area contributed by atoms with E-state index in [-0.39, 0.29) is 11.4 Å². The molecule has 2 aromatic heterocycles. The van der Waals surface area contributed by atoms with Gasteiger partial charge in [-0.25, -0.2) is 13.4 Å². The van der Waals surface area contributed by atoms with Gasteiger partial charge in [0.2, 0.25) is 5.95 Å². The second kappa shape index (κ2) is 7.08.